The van der Waals surface area contributed by atoms with Crippen LogP contribution < -0.4 is 5.32 Å². The third-order valence-electron chi connectivity index (χ3n) is 2.90. The first kappa shape index (κ1) is 11.6. The molecule has 0 fully saturated rings. The molecular formula is C11H14N8. The normalized spacial score (nSPS) is 11.1. The predicted molar refractivity (Wildman–Crippen MR) is 68.5 cm³/mol. The number of nitrogens with zero attached hydrogens (tertiary/aromatic N) is 7. The summed E-state index contributed by atoms with van der Waals surface area (Å²) in [5, 5.41) is 19.1. The Balaban J connectivity index is 1.84. The van der Waals surface area contributed by atoms with Gasteiger partial charge in [-0.3, -0.25) is 9.67 Å². The minimum Gasteiger partial charge on any atom is -0.364 e. The van der Waals surface area contributed by atoms with Crippen molar-refractivity contribution in [2.24, 2.45) is 7.05 Å². The van der Waals surface area contributed by atoms with Crippen LogP contribution in [0.5, 0.6) is 0 Å². The average molecular weight is 258 g/mol. The lowest BCUT2D eigenvalue weighted by atomic mass is 10.2. The summed E-state index contributed by atoms with van der Waals surface area (Å²) in [6.45, 7) is 2.76. The van der Waals surface area contributed by atoms with Crippen molar-refractivity contribution < 1.29 is 0 Å². The van der Waals surface area contributed by atoms with Crippen LogP contribution in [0.15, 0.2) is 18.6 Å². The second-order valence-corrected chi connectivity index (χ2v) is 4.22. The zero-order valence-corrected chi connectivity index (χ0v) is 10.8. The summed E-state index contributed by atoms with van der Waals surface area (Å²) >= 11 is 0. The molecule has 19 heavy (non-hydrogen) atoms. The molecule has 0 aliphatic rings. The first-order valence-electron chi connectivity index (χ1n) is 6.05. The van der Waals surface area contributed by atoms with E-state index in [0.717, 1.165) is 23.5 Å². The van der Waals surface area contributed by atoms with E-state index in [-0.39, 0.29) is 0 Å². The van der Waals surface area contributed by atoms with E-state index in [1.54, 1.807) is 16.9 Å². The molecule has 3 rings (SSSR count). The van der Waals surface area contributed by atoms with Crippen LogP contribution in [-0.4, -0.2) is 34.8 Å². The van der Waals surface area contributed by atoms with Gasteiger partial charge >= 0.3 is 0 Å². The van der Waals surface area contributed by atoms with Crippen LogP contribution >= 0.6 is 0 Å². The van der Waals surface area contributed by atoms with Gasteiger partial charge in [0, 0.05) is 25.4 Å². The summed E-state index contributed by atoms with van der Waals surface area (Å²) in [5.41, 5.74) is 2.87. The van der Waals surface area contributed by atoms with Crippen LogP contribution in [0.3, 0.4) is 0 Å². The van der Waals surface area contributed by atoms with Gasteiger partial charge in [-0.25, -0.2) is 0 Å². The molecule has 0 unspecified atom stereocenters. The Morgan fingerprint density at radius 3 is 3.05 bits per heavy atom. The highest BCUT2D eigenvalue weighted by atomic mass is 15.5. The van der Waals surface area contributed by atoms with Gasteiger partial charge in [0.05, 0.1) is 18.1 Å². The topological polar surface area (TPSA) is 85.8 Å². The zero-order valence-electron chi connectivity index (χ0n) is 10.8. The highest BCUT2D eigenvalue weighted by Gasteiger charge is 2.08. The number of hydrogen-bond acceptors (Lipinski definition) is 6. The molecule has 8 heteroatoms. The minimum atomic E-state index is 0.618. The van der Waals surface area contributed by atoms with E-state index >= 15 is 0 Å². The average Bonchev–Trinajstić information content (AvgIpc) is 3.02. The third kappa shape index (κ3) is 2.12. The standard InChI is InChI=1S/C11H14N8/c1-3-9-8(7-18(2)15-9)4-13-10-5-12-6-11-14-16-17-19(10)11/h5-7,13H,3-4H2,1-2H3. The Morgan fingerprint density at radius 1 is 1.32 bits per heavy atom. The number of aryl methyl sites for hydroxylation is 2. The van der Waals surface area contributed by atoms with E-state index in [9.17, 15) is 0 Å². The Bertz CT molecular complexity index is 698. The maximum atomic E-state index is 4.41. The zero-order chi connectivity index (χ0) is 13.2. The second-order valence-electron chi connectivity index (χ2n) is 4.22. The van der Waals surface area contributed by atoms with Crippen LogP contribution in [0.1, 0.15) is 18.2 Å². The van der Waals surface area contributed by atoms with Gasteiger partial charge in [-0.15, -0.1) is 5.10 Å². The van der Waals surface area contributed by atoms with Gasteiger partial charge in [0.2, 0.25) is 0 Å². The van der Waals surface area contributed by atoms with Crippen molar-refractivity contribution in [1.82, 2.24) is 34.8 Å². The van der Waals surface area contributed by atoms with E-state index in [2.05, 4.69) is 37.8 Å². The Labute approximate surface area is 109 Å². The SMILES string of the molecule is CCc1nn(C)cc1CNc1cncc2nnnn12. The quantitative estimate of drug-likeness (QED) is 0.730. The van der Waals surface area contributed by atoms with Crippen molar-refractivity contribution in [2.75, 3.05) is 5.32 Å². The van der Waals surface area contributed by atoms with Gasteiger partial charge < -0.3 is 5.32 Å². The number of nitrogens with one attached hydrogen (secondary N) is 1. The number of aromatic nitrogens is 7. The van der Waals surface area contributed by atoms with Crippen molar-refractivity contribution >= 4 is 11.5 Å². The number of rotatable bonds is 4. The maximum absolute atomic E-state index is 4.41. The molecule has 0 aromatic carbocycles. The minimum absolute atomic E-state index is 0.618. The summed E-state index contributed by atoms with van der Waals surface area (Å²) < 4.78 is 3.45. The van der Waals surface area contributed by atoms with Gasteiger partial charge in [-0.05, 0) is 16.8 Å². The molecule has 0 saturated heterocycles. The number of tetrazole rings is 1. The first-order valence-corrected chi connectivity index (χ1v) is 6.05. The third-order valence-corrected chi connectivity index (χ3v) is 2.90. The molecule has 0 aliphatic heterocycles. The van der Waals surface area contributed by atoms with Gasteiger partial charge in [-0.2, -0.15) is 9.61 Å². The molecule has 3 aromatic rings. The first-order chi connectivity index (χ1) is 9.28. The molecule has 0 radical (unpaired) electrons. The predicted octanol–water partition coefficient (Wildman–Crippen LogP) is 0.427. The molecule has 0 amide bonds. The van der Waals surface area contributed by atoms with E-state index in [1.165, 1.54) is 0 Å². The highest BCUT2D eigenvalue weighted by Crippen LogP contribution is 2.11. The molecule has 0 saturated carbocycles. The van der Waals surface area contributed by atoms with Gasteiger partial charge in [0.15, 0.2) is 11.5 Å². The van der Waals surface area contributed by atoms with E-state index < -0.39 is 0 Å². The molecular weight excluding hydrogens is 244 g/mol. The summed E-state index contributed by atoms with van der Waals surface area (Å²) in [6.07, 6.45) is 6.24. The lowest BCUT2D eigenvalue weighted by molar-refractivity contribution is 0.746. The number of anilines is 1. The molecule has 0 spiro atoms. The summed E-state index contributed by atoms with van der Waals surface area (Å²) in [6, 6.07) is 0. The van der Waals surface area contributed by atoms with Crippen LogP contribution in [0.4, 0.5) is 5.82 Å². The smallest absolute Gasteiger partial charge is 0.199 e. The Morgan fingerprint density at radius 2 is 2.21 bits per heavy atom. The van der Waals surface area contributed by atoms with Crippen molar-refractivity contribution in [3.63, 3.8) is 0 Å². The lowest BCUT2D eigenvalue weighted by Crippen LogP contribution is -2.06. The van der Waals surface area contributed by atoms with E-state index in [0.29, 0.717) is 12.2 Å². The van der Waals surface area contributed by atoms with Crippen LogP contribution in [0.2, 0.25) is 0 Å². The molecule has 98 valence electrons. The fraction of sp³-hybridized carbons (Fsp3) is 0.364. The van der Waals surface area contributed by atoms with Crippen molar-refractivity contribution in [3.05, 3.63) is 29.8 Å². The largest absolute Gasteiger partial charge is 0.364 e. The molecule has 0 aliphatic carbocycles. The summed E-state index contributed by atoms with van der Waals surface area (Å²) in [5.74, 6) is 0.758. The Hall–Kier alpha value is -2.51. The van der Waals surface area contributed by atoms with E-state index in [4.69, 9.17) is 0 Å². The summed E-state index contributed by atoms with van der Waals surface area (Å²) in [7, 11) is 1.92. The summed E-state index contributed by atoms with van der Waals surface area (Å²) in [4.78, 5) is 4.10. The van der Waals surface area contributed by atoms with Crippen LogP contribution in [0, 0.1) is 0 Å². The molecule has 3 heterocycles. The van der Waals surface area contributed by atoms with Gasteiger partial charge in [-0.1, -0.05) is 6.92 Å². The number of fused-ring (bicyclic) bond motifs is 1. The monoisotopic (exact) mass is 258 g/mol. The van der Waals surface area contributed by atoms with Gasteiger partial charge in [0.1, 0.15) is 0 Å². The van der Waals surface area contributed by atoms with Crippen LogP contribution in [-0.2, 0) is 20.0 Å². The molecule has 0 atom stereocenters. The number of hydrogen-bond donors (Lipinski definition) is 1. The van der Waals surface area contributed by atoms with Gasteiger partial charge in [0.25, 0.3) is 0 Å². The molecule has 0 bridgehead atoms. The molecule has 8 nitrogen and oxygen atoms in total. The fourth-order valence-corrected chi connectivity index (χ4v) is 2.01. The lowest BCUT2D eigenvalue weighted by Gasteiger charge is -2.06. The molecule has 1 N–H and O–H groups in total. The van der Waals surface area contributed by atoms with Crippen molar-refractivity contribution in [1.29, 1.82) is 0 Å². The van der Waals surface area contributed by atoms with Crippen molar-refractivity contribution in [2.45, 2.75) is 19.9 Å². The Kier molecular flexibility index (Phi) is 2.82. The van der Waals surface area contributed by atoms with Crippen molar-refractivity contribution in [3.8, 4) is 0 Å². The molecule has 3 aromatic heterocycles. The highest BCUT2D eigenvalue weighted by molar-refractivity contribution is 5.44. The van der Waals surface area contributed by atoms with Crippen LogP contribution in [0.25, 0.3) is 5.65 Å². The fourth-order valence-electron chi connectivity index (χ4n) is 2.01. The maximum Gasteiger partial charge on any atom is 0.199 e. The van der Waals surface area contributed by atoms with E-state index in [1.807, 2.05) is 17.9 Å². The second kappa shape index (κ2) is 4.63.